The van der Waals surface area contributed by atoms with Crippen molar-refractivity contribution in [1.82, 2.24) is 25.2 Å². The van der Waals surface area contributed by atoms with E-state index in [0.717, 1.165) is 57.6 Å². The molecule has 4 aromatic rings. The molecular formula is C26H23N5O4. The summed E-state index contributed by atoms with van der Waals surface area (Å²) in [5.74, 6) is 1.62. The Balaban J connectivity index is 1.36. The monoisotopic (exact) mass is 469 g/mol. The smallest absolute Gasteiger partial charge is 0.339 e. The number of esters is 1. The highest BCUT2D eigenvalue weighted by Crippen LogP contribution is 2.39. The number of tetrazole rings is 1. The molecule has 2 aromatic heterocycles. The summed E-state index contributed by atoms with van der Waals surface area (Å²) in [6.07, 6.45) is 4.47. The van der Waals surface area contributed by atoms with Crippen LogP contribution in [0.15, 0.2) is 42.5 Å². The van der Waals surface area contributed by atoms with Crippen LogP contribution in [0.2, 0.25) is 0 Å². The third-order valence-electron chi connectivity index (χ3n) is 6.26. The van der Waals surface area contributed by atoms with Gasteiger partial charge in [0.05, 0.1) is 16.8 Å². The van der Waals surface area contributed by atoms with Crippen LogP contribution in [0, 0.1) is 0 Å². The first-order chi connectivity index (χ1) is 17.2. The number of pyridine rings is 1. The van der Waals surface area contributed by atoms with E-state index in [4.69, 9.17) is 19.2 Å². The molecule has 2 aromatic carbocycles. The van der Waals surface area contributed by atoms with Crippen molar-refractivity contribution in [3.63, 3.8) is 0 Å². The fourth-order valence-corrected chi connectivity index (χ4v) is 4.63. The maximum absolute atomic E-state index is 13.4. The lowest BCUT2D eigenvalue weighted by Gasteiger charge is -2.12. The Morgan fingerprint density at radius 2 is 2.03 bits per heavy atom. The van der Waals surface area contributed by atoms with Crippen molar-refractivity contribution in [2.24, 2.45) is 0 Å². The highest BCUT2D eigenvalue weighted by molar-refractivity contribution is 6.07. The molecule has 0 N–H and O–H groups in total. The van der Waals surface area contributed by atoms with Gasteiger partial charge in [-0.25, -0.2) is 14.5 Å². The highest BCUT2D eigenvalue weighted by Gasteiger charge is 2.28. The largest absolute Gasteiger partial charge is 0.454 e. The molecule has 9 nitrogen and oxygen atoms in total. The van der Waals surface area contributed by atoms with E-state index in [9.17, 15) is 4.79 Å². The normalized spacial score (nSPS) is 15.1. The standard InChI is InChI=1S/C26H23N5O4/c1-2-11-31-23(28-29-30-31)14-33-26(32)24-18-5-3-4-6-20(18)27-25-17(8-9-19(24)25)12-16-7-10-21-22(13-16)35-15-34-21/h3-7,10,12-13H,2,8-9,11,14-15H2,1H3/b17-12+. The Kier molecular flexibility index (Phi) is 5.36. The van der Waals surface area contributed by atoms with Gasteiger partial charge >= 0.3 is 5.97 Å². The molecular weight excluding hydrogens is 446 g/mol. The summed E-state index contributed by atoms with van der Waals surface area (Å²) in [6.45, 7) is 2.96. The Hall–Kier alpha value is -4.27. The van der Waals surface area contributed by atoms with E-state index < -0.39 is 5.97 Å². The molecule has 0 spiro atoms. The van der Waals surface area contributed by atoms with Crippen molar-refractivity contribution in [2.45, 2.75) is 39.3 Å². The Bertz CT molecular complexity index is 1480. The second kappa shape index (κ2) is 8.83. The molecule has 35 heavy (non-hydrogen) atoms. The van der Waals surface area contributed by atoms with Gasteiger partial charge < -0.3 is 14.2 Å². The molecule has 3 heterocycles. The predicted molar refractivity (Wildman–Crippen MR) is 128 cm³/mol. The molecule has 9 heteroatoms. The Morgan fingerprint density at radius 3 is 2.94 bits per heavy atom. The molecule has 1 aliphatic carbocycles. The lowest BCUT2D eigenvalue weighted by atomic mass is 10.0. The van der Waals surface area contributed by atoms with Gasteiger partial charge in [-0.3, -0.25) is 0 Å². The van der Waals surface area contributed by atoms with E-state index >= 15 is 0 Å². The van der Waals surface area contributed by atoms with E-state index in [-0.39, 0.29) is 13.4 Å². The van der Waals surface area contributed by atoms with E-state index in [2.05, 4.69) is 21.6 Å². The molecule has 0 unspecified atom stereocenters. The SMILES string of the molecule is CCCn1nnnc1COC(=O)c1c2c(nc3ccccc13)/C(=C/c1ccc3c(c1)OCO3)CC2. The first-order valence-corrected chi connectivity index (χ1v) is 11.7. The minimum absolute atomic E-state index is 0.0111. The van der Waals surface area contributed by atoms with Crippen LogP contribution in [-0.4, -0.2) is 38.0 Å². The minimum atomic E-state index is -0.393. The van der Waals surface area contributed by atoms with Crippen molar-refractivity contribution < 1.29 is 19.0 Å². The van der Waals surface area contributed by atoms with Gasteiger partial charge in [0.25, 0.3) is 0 Å². The highest BCUT2D eigenvalue weighted by atomic mass is 16.7. The Labute approximate surface area is 201 Å². The summed E-state index contributed by atoms with van der Waals surface area (Å²) >= 11 is 0. The molecule has 2 aliphatic rings. The van der Waals surface area contributed by atoms with Crippen molar-refractivity contribution >= 4 is 28.5 Å². The van der Waals surface area contributed by atoms with Crippen LogP contribution in [-0.2, 0) is 24.3 Å². The van der Waals surface area contributed by atoms with Gasteiger partial charge in [0.15, 0.2) is 23.9 Å². The fourth-order valence-electron chi connectivity index (χ4n) is 4.63. The molecule has 0 fully saturated rings. The number of carbonyl (C=O) groups excluding carboxylic acids is 1. The zero-order valence-corrected chi connectivity index (χ0v) is 19.2. The van der Waals surface area contributed by atoms with E-state index in [1.165, 1.54) is 0 Å². The number of nitrogens with zero attached hydrogens (tertiary/aromatic N) is 5. The molecule has 0 amide bonds. The topological polar surface area (TPSA) is 101 Å². The number of aromatic nitrogens is 5. The van der Waals surface area contributed by atoms with Crippen molar-refractivity contribution in [3.8, 4) is 11.5 Å². The summed E-state index contributed by atoms with van der Waals surface area (Å²) in [6, 6.07) is 13.5. The summed E-state index contributed by atoms with van der Waals surface area (Å²) in [7, 11) is 0. The van der Waals surface area contributed by atoms with Crippen LogP contribution in [0.3, 0.4) is 0 Å². The van der Waals surface area contributed by atoms with E-state index in [1.54, 1.807) is 4.68 Å². The molecule has 6 rings (SSSR count). The number of hydrogen-bond acceptors (Lipinski definition) is 8. The number of ether oxygens (including phenoxy) is 3. The first kappa shape index (κ1) is 21.3. The van der Waals surface area contributed by atoms with E-state index in [0.29, 0.717) is 24.4 Å². The summed E-state index contributed by atoms with van der Waals surface area (Å²) in [5.41, 5.74) is 5.14. The number of benzene rings is 2. The van der Waals surface area contributed by atoms with Gasteiger partial charge in [-0.1, -0.05) is 31.2 Å². The van der Waals surface area contributed by atoms with Crippen molar-refractivity contribution in [3.05, 3.63) is 70.7 Å². The fraction of sp³-hybridized carbons (Fsp3) is 0.269. The average Bonchev–Trinajstić information content (AvgIpc) is 3.62. The Morgan fingerprint density at radius 1 is 1.14 bits per heavy atom. The molecule has 0 radical (unpaired) electrons. The second-order valence-corrected chi connectivity index (χ2v) is 8.51. The van der Waals surface area contributed by atoms with E-state index in [1.807, 2.05) is 49.4 Å². The summed E-state index contributed by atoms with van der Waals surface area (Å²) < 4.78 is 18.3. The number of rotatable bonds is 6. The number of hydrogen-bond donors (Lipinski definition) is 0. The number of aryl methyl sites for hydroxylation is 1. The molecule has 1 aliphatic heterocycles. The van der Waals surface area contributed by atoms with Crippen LogP contribution in [0.25, 0.3) is 22.6 Å². The minimum Gasteiger partial charge on any atom is -0.454 e. The summed E-state index contributed by atoms with van der Waals surface area (Å²) in [4.78, 5) is 18.3. The lowest BCUT2D eigenvalue weighted by Crippen LogP contribution is -2.13. The number of allylic oxidation sites excluding steroid dienone is 1. The first-order valence-electron chi connectivity index (χ1n) is 11.7. The van der Waals surface area contributed by atoms with Gasteiger partial charge in [0.1, 0.15) is 0 Å². The average molecular weight is 470 g/mol. The zero-order chi connectivity index (χ0) is 23.8. The van der Waals surface area contributed by atoms with Crippen LogP contribution >= 0.6 is 0 Å². The third-order valence-corrected chi connectivity index (χ3v) is 6.26. The number of fused-ring (bicyclic) bond motifs is 3. The van der Waals surface area contributed by atoms with Gasteiger partial charge in [0.2, 0.25) is 6.79 Å². The number of carbonyl (C=O) groups is 1. The molecule has 0 atom stereocenters. The number of para-hydroxylation sites is 1. The van der Waals surface area contributed by atoms with Crippen molar-refractivity contribution in [2.75, 3.05) is 6.79 Å². The maximum atomic E-state index is 13.4. The molecule has 0 saturated heterocycles. The van der Waals surface area contributed by atoms with Crippen LogP contribution in [0.5, 0.6) is 11.5 Å². The lowest BCUT2D eigenvalue weighted by molar-refractivity contribution is 0.0457. The molecule has 176 valence electrons. The summed E-state index contributed by atoms with van der Waals surface area (Å²) in [5, 5.41) is 12.5. The third kappa shape index (κ3) is 3.88. The second-order valence-electron chi connectivity index (χ2n) is 8.51. The van der Waals surface area contributed by atoms with Crippen molar-refractivity contribution in [1.29, 1.82) is 0 Å². The van der Waals surface area contributed by atoms with Gasteiger partial charge in [-0.05, 0) is 70.7 Å². The zero-order valence-electron chi connectivity index (χ0n) is 19.2. The van der Waals surface area contributed by atoms with Crippen LogP contribution in [0.1, 0.15) is 52.8 Å². The van der Waals surface area contributed by atoms with Gasteiger partial charge in [0, 0.05) is 11.9 Å². The maximum Gasteiger partial charge on any atom is 0.339 e. The quantitative estimate of drug-likeness (QED) is 0.387. The van der Waals surface area contributed by atoms with Crippen LogP contribution in [0.4, 0.5) is 0 Å². The molecule has 0 saturated carbocycles. The van der Waals surface area contributed by atoms with Crippen LogP contribution < -0.4 is 9.47 Å². The predicted octanol–water partition coefficient (Wildman–Crippen LogP) is 4.20. The van der Waals surface area contributed by atoms with Gasteiger partial charge in [-0.2, -0.15) is 0 Å². The van der Waals surface area contributed by atoms with Gasteiger partial charge in [-0.15, -0.1) is 5.10 Å². The molecule has 0 bridgehead atoms.